The molecule has 0 radical (unpaired) electrons. The van der Waals surface area contributed by atoms with E-state index >= 15 is 0 Å². The maximum Gasteiger partial charge on any atom is 0.332 e. The summed E-state index contributed by atoms with van der Waals surface area (Å²) >= 11 is 0. The van der Waals surface area contributed by atoms with Crippen molar-refractivity contribution in [2.24, 2.45) is 14.1 Å². The second kappa shape index (κ2) is 6.35. The Morgan fingerprint density at radius 2 is 1.80 bits per heavy atom. The number of aryl methyl sites for hydroxylation is 2. The van der Waals surface area contributed by atoms with E-state index in [1.165, 1.54) is 30.8 Å². The van der Waals surface area contributed by atoms with Crippen LogP contribution >= 0.6 is 0 Å². The molecule has 0 saturated heterocycles. The number of amides is 1. The fourth-order valence-electron chi connectivity index (χ4n) is 2.66. The first-order valence-corrected chi connectivity index (χ1v) is 7.79. The lowest BCUT2D eigenvalue weighted by Crippen LogP contribution is -2.37. The van der Waals surface area contributed by atoms with E-state index in [1.807, 2.05) is 31.2 Å². The molecule has 128 valence electrons. The van der Waals surface area contributed by atoms with E-state index in [2.05, 4.69) is 10.3 Å². The third-order valence-corrected chi connectivity index (χ3v) is 4.24. The average Bonchev–Trinajstić information content (AvgIpc) is 2.63. The normalized spacial score (nSPS) is 10.8. The number of aromatic nitrogens is 3. The van der Waals surface area contributed by atoms with Crippen molar-refractivity contribution in [2.45, 2.75) is 13.5 Å². The van der Waals surface area contributed by atoms with E-state index in [0.717, 1.165) is 15.7 Å². The van der Waals surface area contributed by atoms with Crippen molar-refractivity contribution in [2.75, 3.05) is 0 Å². The molecule has 2 aromatic heterocycles. The summed E-state index contributed by atoms with van der Waals surface area (Å²) in [6.45, 7) is 2.35. The van der Waals surface area contributed by atoms with E-state index < -0.39 is 11.2 Å². The first kappa shape index (κ1) is 16.6. The Labute approximate surface area is 143 Å². The Hall–Kier alpha value is -3.22. The van der Waals surface area contributed by atoms with Crippen molar-refractivity contribution in [3.8, 4) is 0 Å². The summed E-state index contributed by atoms with van der Waals surface area (Å²) < 4.78 is 2.27. The van der Waals surface area contributed by atoms with Crippen LogP contribution in [0.15, 0.2) is 46.0 Å². The van der Waals surface area contributed by atoms with Crippen LogP contribution in [0.5, 0.6) is 0 Å². The molecule has 0 spiro atoms. The summed E-state index contributed by atoms with van der Waals surface area (Å²) in [6, 6.07) is 10.8. The Bertz CT molecular complexity index is 1100. The van der Waals surface area contributed by atoms with Crippen LogP contribution in [0, 0.1) is 6.92 Å². The van der Waals surface area contributed by atoms with Crippen molar-refractivity contribution in [1.29, 1.82) is 0 Å². The highest BCUT2D eigenvalue weighted by Crippen LogP contribution is 2.08. The van der Waals surface area contributed by atoms with Crippen molar-refractivity contribution in [3.05, 3.63) is 74.1 Å². The molecule has 7 heteroatoms. The number of nitrogens with one attached hydrogen (secondary N) is 1. The van der Waals surface area contributed by atoms with Gasteiger partial charge in [0.2, 0.25) is 0 Å². The Morgan fingerprint density at radius 3 is 2.52 bits per heavy atom. The topological polar surface area (TPSA) is 86.0 Å². The number of hydrogen-bond acceptors (Lipinski definition) is 4. The lowest BCUT2D eigenvalue weighted by Gasteiger charge is -2.10. The zero-order valence-electron chi connectivity index (χ0n) is 14.2. The molecule has 3 aromatic rings. The smallest absolute Gasteiger partial charge is 0.332 e. The fraction of sp³-hybridized carbons (Fsp3) is 0.222. The van der Waals surface area contributed by atoms with E-state index in [0.29, 0.717) is 11.9 Å². The largest absolute Gasteiger partial charge is 0.347 e. The minimum Gasteiger partial charge on any atom is -0.347 e. The van der Waals surface area contributed by atoms with Gasteiger partial charge in [0, 0.05) is 20.6 Å². The highest BCUT2D eigenvalue weighted by molar-refractivity contribution is 5.94. The molecular formula is C18H18N4O3. The number of benzene rings is 1. The van der Waals surface area contributed by atoms with Crippen molar-refractivity contribution < 1.29 is 4.79 Å². The first-order chi connectivity index (χ1) is 11.9. The lowest BCUT2D eigenvalue weighted by molar-refractivity contribution is 0.0946. The molecule has 0 bridgehead atoms. The maximum atomic E-state index is 12.4. The number of pyridine rings is 1. The third-order valence-electron chi connectivity index (χ3n) is 4.24. The van der Waals surface area contributed by atoms with Crippen molar-refractivity contribution in [3.63, 3.8) is 0 Å². The van der Waals surface area contributed by atoms with Gasteiger partial charge in [0.25, 0.3) is 11.5 Å². The predicted molar refractivity (Wildman–Crippen MR) is 94.6 cm³/mol. The minimum absolute atomic E-state index is 0.157. The van der Waals surface area contributed by atoms with Crippen molar-refractivity contribution >= 4 is 16.9 Å². The lowest BCUT2D eigenvalue weighted by atomic mass is 10.1. The molecule has 0 unspecified atom stereocenters. The molecule has 0 aliphatic rings. The van der Waals surface area contributed by atoms with Gasteiger partial charge in [0.05, 0.1) is 5.39 Å². The van der Waals surface area contributed by atoms with Gasteiger partial charge in [0.1, 0.15) is 11.3 Å². The van der Waals surface area contributed by atoms with Crippen LogP contribution in [0.4, 0.5) is 0 Å². The summed E-state index contributed by atoms with van der Waals surface area (Å²) in [7, 11) is 2.93. The van der Waals surface area contributed by atoms with Gasteiger partial charge >= 0.3 is 5.69 Å². The van der Waals surface area contributed by atoms with Crippen LogP contribution < -0.4 is 16.6 Å². The molecule has 1 aromatic carbocycles. The fourth-order valence-corrected chi connectivity index (χ4v) is 2.66. The SMILES string of the molecule is Cc1ccccc1CNC(=O)c1ccc2c(=O)n(C)c(=O)n(C)c2n1. The molecule has 0 atom stereocenters. The molecule has 25 heavy (non-hydrogen) atoms. The number of fused-ring (bicyclic) bond motifs is 1. The molecule has 0 fully saturated rings. The maximum absolute atomic E-state index is 12.4. The molecule has 0 saturated carbocycles. The Morgan fingerprint density at radius 1 is 1.08 bits per heavy atom. The third kappa shape index (κ3) is 2.96. The monoisotopic (exact) mass is 338 g/mol. The van der Waals surface area contributed by atoms with E-state index in [1.54, 1.807) is 0 Å². The number of carbonyl (C=O) groups is 1. The van der Waals surface area contributed by atoms with Crippen LogP contribution in [0.2, 0.25) is 0 Å². The van der Waals surface area contributed by atoms with Crippen LogP contribution in [0.3, 0.4) is 0 Å². The van der Waals surface area contributed by atoms with Crippen LogP contribution in [0.25, 0.3) is 11.0 Å². The van der Waals surface area contributed by atoms with Crippen molar-refractivity contribution in [1.82, 2.24) is 19.4 Å². The molecule has 0 aliphatic heterocycles. The highest BCUT2D eigenvalue weighted by Gasteiger charge is 2.13. The van der Waals surface area contributed by atoms with Gasteiger partial charge in [0.15, 0.2) is 0 Å². The van der Waals surface area contributed by atoms with E-state index in [4.69, 9.17) is 0 Å². The van der Waals surface area contributed by atoms with Gasteiger partial charge in [-0.2, -0.15) is 0 Å². The molecule has 1 N–H and O–H groups in total. The van der Waals surface area contributed by atoms with Gasteiger partial charge < -0.3 is 5.32 Å². The second-order valence-corrected chi connectivity index (χ2v) is 5.88. The van der Waals surface area contributed by atoms with Crippen LogP contribution in [0.1, 0.15) is 21.6 Å². The molecule has 1 amide bonds. The molecule has 3 rings (SSSR count). The first-order valence-electron chi connectivity index (χ1n) is 7.79. The predicted octanol–water partition coefficient (Wildman–Crippen LogP) is 0.871. The van der Waals surface area contributed by atoms with Gasteiger partial charge in [-0.25, -0.2) is 9.78 Å². The Balaban J connectivity index is 1.94. The van der Waals surface area contributed by atoms with E-state index in [9.17, 15) is 14.4 Å². The molecule has 0 aliphatic carbocycles. The number of rotatable bonds is 3. The molecule has 7 nitrogen and oxygen atoms in total. The highest BCUT2D eigenvalue weighted by atomic mass is 16.2. The van der Waals surface area contributed by atoms with Gasteiger partial charge in [-0.05, 0) is 30.2 Å². The average molecular weight is 338 g/mol. The van der Waals surface area contributed by atoms with Gasteiger partial charge in [-0.15, -0.1) is 0 Å². The van der Waals surface area contributed by atoms with Gasteiger partial charge in [-0.3, -0.25) is 18.7 Å². The van der Waals surface area contributed by atoms with Gasteiger partial charge in [-0.1, -0.05) is 24.3 Å². The summed E-state index contributed by atoms with van der Waals surface area (Å²) in [4.78, 5) is 40.7. The summed E-state index contributed by atoms with van der Waals surface area (Å²) in [5.74, 6) is -0.363. The zero-order chi connectivity index (χ0) is 18.1. The quantitative estimate of drug-likeness (QED) is 0.768. The molecular weight excluding hydrogens is 320 g/mol. The summed E-state index contributed by atoms with van der Waals surface area (Å²) in [6.07, 6.45) is 0. The zero-order valence-corrected chi connectivity index (χ0v) is 14.2. The summed E-state index contributed by atoms with van der Waals surface area (Å²) in [5, 5.41) is 3.10. The standard InChI is InChI=1S/C18H18N4O3/c1-11-6-4-5-7-12(11)10-19-16(23)14-9-8-13-15(20-14)21(2)18(25)22(3)17(13)24/h4-9H,10H2,1-3H3,(H,19,23). The van der Waals surface area contributed by atoms with E-state index in [-0.39, 0.29) is 17.2 Å². The number of hydrogen-bond donors (Lipinski definition) is 1. The van der Waals surface area contributed by atoms with Crippen LogP contribution in [-0.2, 0) is 20.6 Å². The summed E-state index contributed by atoms with van der Waals surface area (Å²) in [5.41, 5.74) is 1.53. The second-order valence-electron chi connectivity index (χ2n) is 5.88. The Kier molecular flexibility index (Phi) is 4.22. The molecule has 2 heterocycles. The minimum atomic E-state index is -0.484. The number of carbonyl (C=O) groups excluding carboxylic acids is 1. The van der Waals surface area contributed by atoms with Crippen LogP contribution in [-0.4, -0.2) is 20.0 Å². The number of nitrogens with zero attached hydrogens (tertiary/aromatic N) is 3.